The second-order valence-corrected chi connectivity index (χ2v) is 5.11. The zero-order chi connectivity index (χ0) is 13.7. The van der Waals surface area contributed by atoms with Gasteiger partial charge in [-0.2, -0.15) is 5.26 Å². The van der Waals surface area contributed by atoms with Gasteiger partial charge in [-0.1, -0.05) is 37.5 Å². The molecular weight excluding hydrogens is 240 g/mol. The molecule has 0 saturated heterocycles. The van der Waals surface area contributed by atoms with E-state index in [0.717, 1.165) is 32.1 Å². The van der Waals surface area contributed by atoms with Crippen molar-refractivity contribution < 1.29 is 9.90 Å². The van der Waals surface area contributed by atoms with Gasteiger partial charge < -0.3 is 10.4 Å². The molecule has 0 unspecified atom stereocenters. The van der Waals surface area contributed by atoms with Crippen LogP contribution in [0.5, 0.6) is 5.75 Å². The zero-order valence-corrected chi connectivity index (χ0v) is 10.9. The summed E-state index contributed by atoms with van der Waals surface area (Å²) >= 11 is 0. The predicted molar refractivity (Wildman–Crippen MR) is 71.4 cm³/mol. The third kappa shape index (κ3) is 3.25. The third-order valence-electron chi connectivity index (χ3n) is 3.64. The number of para-hydroxylation sites is 1. The van der Waals surface area contributed by atoms with Gasteiger partial charge in [0.15, 0.2) is 0 Å². The smallest absolute Gasteiger partial charge is 0.225 e. The molecular formula is C15H18N2O2. The Bertz CT molecular complexity index is 499. The zero-order valence-electron chi connectivity index (χ0n) is 10.9. The average molecular weight is 258 g/mol. The first kappa shape index (κ1) is 13.4. The molecule has 0 bridgehead atoms. The first-order chi connectivity index (χ1) is 9.15. The van der Waals surface area contributed by atoms with E-state index in [2.05, 4.69) is 11.4 Å². The van der Waals surface area contributed by atoms with E-state index in [1.807, 2.05) is 0 Å². The molecule has 1 saturated carbocycles. The normalized spacial score (nSPS) is 17.4. The van der Waals surface area contributed by atoms with E-state index in [0.29, 0.717) is 5.56 Å². The number of nitrogens with zero attached hydrogens (tertiary/aromatic N) is 1. The van der Waals surface area contributed by atoms with Crippen molar-refractivity contribution in [1.29, 1.82) is 5.26 Å². The number of amides is 1. The molecule has 4 nitrogen and oxygen atoms in total. The second-order valence-electron chi connectivity index (χ2n) is 5.11. The minimum absolute atomic E-state index is 0.107. The molecule has 0 heterocycles. The number of carbonyl (C=O) groups excluding carboxylic acids is 1. The number of carbonyl (C=O) groups is 1. The lowest BCUT2D eigenvalue weighted by Gasteiger charge is -2.31. The SMILES string of the molecule is N#CC1(NC(=O)Cc2ccccc2O)CCCCC1. The van der Waals surface area contributed by atoms with E-state index in [1.54, 1.807) is 24.3 Å². The van der Waals surface area contributed by atoms with Gasteiger partial charge in [0.25, 0.3) is 0 Å². The highest BCUT2D eigenvalue weighted by atomic mass is 16.3. The van der Waals surface area contributed by atoms with Crippen LogP contribution in [0, 0.1) is 11.3 Å². The fraction of sp³-hybridized carbons (Fsp3) is 0.467. The molecule has 1 fully saturated rings. The van der Waals surface area contributed by atoms with Crippen LogP contribution in [0.2, 0.25) is 0 Å². The van der Waals surface area contributed by atoms with Crippen molar-refractivity contribution in [3.63, 3.8) is 0 Å². The summed E-state index contributed by atoms with van der Waals surface area (Å²) in [5.74, 6) is -0.0859. The topological polar surface area (TPSA) is 73.1 Å². The molecule has 2 rings (SSSR count). The van der Waals surface area contributed by atoms with Gasteiger partial charge in [-0.3, -0.25) is 4.79 Å². The molecule has 0 radical (unpaired) electrons. The van der Waals surface area contributed by atoms with Crippen molar-refractivity contribution >= 4 is 5.91 Å². The maximum Gasteiger partial charge on any atom is 0.225 e. The van der Waals surface area contributed by atoms with Crippen molar-refractivity contribution in [2.24, 2.45) is 0 Å². The minimum Gasteiger partial charge on any atom is -0.508 e. The molecule has 2 N–H and O–H groups in total. The molecule has 1 aliphatic rings. The first-order valence-electron chi connectivity index (χ1n) is 6.64. The van der Waals surface area contributed by atoms with Gasteiger partial charge in [0, 0.05) is 5.56 Å². The molecule has 4 heteroatoms. The van der Waals surface area contributed by atoms with Crippen molar-refractivity contribution in [3.05, 3.63) is 29.8 Å². The third-order valence-corrected chi connectivity index (χ3v) is 3.64. The van der Waals surface area contributed by atoms with Crippen molar-refractivity contribution in [2.75, 3.05) is 0 Å². The molecule has 1 aliphatic carbocycles. The number of benzene rings is 1. The highest BCUT2D eigenvalue weighted by Crippen LogP contribution is 2.27. The molecule has 0 atom stereocenters. The Balaban J connectivity index is 2.01. The Morgan fingerprint density at radius 1 is 1.32 bits per heavy atom. The van der Waals surface area contributed by atoms with Gasteiger partial charge in [0.1, 0.15) is 11.3 Å². The molecule has 100 valence electrons. The number of rotatable bonds is 3. The predicted octanol–water partition coefficient (Wildman–Crippen LogP) is 2.28. The van der Waals surface area contributed by atoms with Crippen LogP contribution in [0.3, 0.4) is 0 Å². The second kappa shape index (κ2) is 5.75. The molecule has 0 spiro atoms. The van der Waals surface area contributed by atoms with Crippen LogP contribution in [0.1, 0.15) is 37.7 Å². The number of nitriles is 1. The van der Waals surface area contributed by atoms with Gasteiger partial charge in [-0.25, -0.2) is 0 Å². The lowest BCUT2D eigenvalue weighted by molar-refractivity contribution is -0.122. The van der Waals surface area contributed by atoms with Crippen molar-refractivity contribution in [2.45, 2.75) is 44.1 Å². The number of hydrogen-bond donors (Lipinski definition) is 2. The number of phenolic OH excluding ortho intramolecular Hbond substituents is 1. The molecule has 1 amide bonds. The van der Waals surface area contributed by atoms with Crippen molar-refractivity contribution in [1.82, 2.24) is 5.32 Å². The van der Waals surface area contributed by atoms with Crippen LogP contribution >= 0.6 is 0 Å². The monoisotopic (exact) mass is 258 g/mol. The summed E-state index contributed by atoms with van der Waals surface area (Å²) in [5.41, 5.74) is -0.122. The average Bonchev–Trinajstić information content (AvgIpc) is 2.42. The fourth-order valence-corrected chi connectivity index (χ4v) is 2.56. The summed E-state index contributed by atoms with van der Waals surface area (Å²) in [7, 11) is 0. The first-order valence-corrected chi connectivity index (χ1v) is 6.64. The lowest BCUT2D eigenvalue weighted by atomic mass is 9.82. The highest BCUT2D eigenvalue weighted by Gasteiger charge is 2.33. The van der Waals surface area contributed by atoms with Crippen LogP contribution < -0.4 is 5.32 Å². The lowest BCUT2D eigenvalue weighted by Crippen LogP contribution is -2.49. The van der Waals surface area contributed by atoms with Gasteiger partial charge in [-0.05, 0) is 18.9 Å². The Hall–Kier alpha value is -2.02. The van der Waals surface area contributed by atoms with Gasteiger partial charge in [0.2, 0.25) is 5.91 Å². The Morgan fingerprint density at radius 2 is 2.00 bits per heavy atom. The van der Waals surface area contributed by atoms with Gasteiger partial charge in [-0.15, -0.1) is 0 Å². The fourth-order valence-electron chi connectivity index (χ4n) is 2.56. The quantitative estimate of drug-likeness (QED) is 0.873. The standard InChI is InChI=1S/C15H18N2O2/c16-11-15(8-4-1-5-9-15)17-14(19)10-12-6-2-3-7-13(12)18/h2-3,6-7,18H,1,4-5,8-10H2,(H,17,19). The maximum absolute atomic E-state index is 12.0. The summed E-state index contributed by atoms with van der Waals surface area (Å²) in [6, 6.07) is 9.03. The number of hydrogen-bond acceptors (Lipinski definition) is 3. The molecule has 0 aliphatic heterocycles. The van der Waals surface area contributed by atoms with E-state index < -0.39 is 5.54 Å². The minimum atomic E-state index is -0.709. The van der Waals surface area contributed by atoms with Gasteiger partial charge in [0.05, 0.1) is 12.5 Å². The number of aromatic hydroxyl groups is 1. The van der Waals surface area contributed by atoms with Crippen LogP contribution in [0.4, 0.5) is 0 Å². The molecule has 1 aromatic rings. The van der Waals surface area contributed by atoms with Crippen LogP contribution in [0.15, 0.2) is 24.3 Å². The Kier molecular flexibility index (Phi) is 4.06. The van der Waals surface area contributed by atoms with E-state index in [9.17, 15) is 15.2 Å². The Labute approximate surface area is 113 Å². The van der Waals surface area contributed by atoms with Crippen LogP contribution in [-0.2, 0) is 11.2 Å². The number of phenols is 1. The summed E-state index contributed by atoms with van der Waals surface area (Å²) in [6.07, 6.45) is 4.62. The molecule has 19 heavy (non-hydrogen) atoms. The van der Waals surface area contributed by atoms with E-state index in [1.165, 1.54) is 0 Å². The van der Waals surface area contributed by atoms with E-state index >= 15 is 0 Å². The highest BCUT2D eigenvalue weighted by molar-refractivity contribution is 5.80. The van der Waals surface area contributed by atoms with Gasteiger partial charge >= 0.3 is 0 Å². The molecule has 0 aromatic heterocycles. The summed E-state index contributed by atoms with van der Waals surface area (Å²) in [5, 5.41) is 21.8. The van der Waals surface area contributed by atoms with E-state index in [-0.39, 0.29) is 18.1 Å². The summed E-state index contributed by atoms with van der Waals surface area (Å²) < 4.78 is 0. The molecule has 1 aromatic carbocycles. The van der Waals surface area contributed by atoms with Crippen LogP contribution in [-0.4, -0.2) is 16.6 Å². The summed E-state index contributed by atoms with van der Waals surface area (Å²) in [4.78, 5) is 12.0. The number of nitrogens with one attached hydrogen (secondary N) is 1. The van der Waals surface area contributed by atoms with E-state index in [4.69, 9.17) is 0 Å². The maximum atomic E-state index is 12.0. The van der Waals surface area contributed by atoms with Crippen LogP contribution in [0.25, 0.3) is 0 Å². The van der Waals surface area contributed by atoms with Crippen molar-refractivity contribution in [3.8, 4) is 11.8 Å². The largest absolute Gasteiger partial charge is 0.508 e. The summed E-state index contributed by atoms with van der Waals surface area (Å²) in [6.45, 7) is 0. The Morgan fingerprint density at radius 3 is 2.63 bits per heavy atom.